The van der Waals surface area contributed by atoms with Gasteiger partial charge in [0.05, 0.1) is 16.3 Å². The van der Waals surface area contributed by atoms with Crippen LogP contribution >= 0.6 is 0 Å². The fourth-order valence-corrected chi connectivity index (χ4v) is 4.44. The summed E-state index contributed by atoms with van der Waals surface area (Å²) >= 11 is 0. The molecule has 0 radical (unpaired) electrons. The van der Waals surface area contributed by atoms with Gasteiger partial charge >= 0.3 is 0 Å². The van der Waals surface area contributed by atoms with Gasteiger partial charge in [0.1, 0.15) is 11.5 Å². The average molecular weight is 516 g/mol. The number of anilines is 1. The average Bonchev–Trinajstić information content (AvgIpc) is 2.89. The number of ketones is 1. The van der Waals surface area contributed by atoms with Crippen LogP contribution in [-0.2, 0) is 14.8 Å². The number of carbonyl (C=O) groups excluding carboxylic acids is 1. The van der Waals surface area contributed by atoms with Gasteiger partial charge in [-0.25, -0.2) is 8.42 Å². The third-order valence-electron chi connectivity index (χ3n) is 5.11. The second-order valence-electron chi connectivity index (χ2n) is 8.16. The Morgan fingerprint density at radius 3 is 2.11 bits per heavy atom. The van der Waals surface area contributed by atoms with Crippen molar-refractivity contribution in [3.8, 4) is 11.5 Å². The van der Waals surface area contributed by atoms with Gasteiger partial charge in [-0.15, -0.1) is 0 Å². The topological polar surface area (TPSA) is 96.9 Å². The number of hydrogen-bond donors (Lipinski definition) is 2. The summed E-state index contributed by atoms with van der Waals surface area (Å²) < 4.78 is 34.4. The minimum atomic E-state index is -3.93. The SMILES string of the molecule is C=C/C=C(/NS(=O)(=O)c1ccccc1)C(C(=O)C(C)=NNc1ccccc1Oc1ccccc1)=C(C)C. The van der Waals surface area contributed by atoms with Crippen molar-refractivity contribution in [2.45, 2.75) is 25.7 Å². The number of hydrogen-bond acceptors (Lipinski definition) is 6. The fourth-order valence-electron chi connectivity index (χ4n) is 3.35. The Labute approximate surface area is 217 Å². The van der Waals surface area contributed by atoms with Crippen LogP contribution in [0, 0.1) is 0 Å². The van der Waals surface area contributed by atoms with Crippen molar-refractivity contribution in [3.63, 3.8) is 0 Å². The first-order valence-corrected chi connectivity index (χ1v) is 13.0. The summed E-state index contributed by atoms with van der Waals surface area (Å²) in [7, 11) is -3.93. The molecule has 0 fully saturated rings. The molecule has 7 nitrogen and oxygen atoms in total. The number of ether oxygens (including phenoxy) is 1. The summed E-state index contributed by atoms with van der Waals surface area (Å²) in [5.41, 5.74) is 4.47. The zero-order valence-corrected chi connectivity index (χ0v) is 21.7. The Morgan fingerprint density at radius 1 is 0.892 bits per heavy atom. The number of allylic oxidation sites excluding steroid dienone is 4. The van der Waals surface area contributed by atoms with Crippen LogP contribution in [0.15, 0.2) is 131 Å². The molecule has 0 saturated carbocycles. The molecule has 190 valence electrons. The number of hydrazone groups is 1. The molecule has 3 aromatic carbocycles. The van der Waals surface area contributed by atoms with Crippen LogP contribution in [0.25, 0.3) is 0 Å². The van der Waals surface area contributed by atoms with E-state index in [1.165, 1.54) is 24.3 Å². The lowest BCUT2D eigenvalue weighted by molar-refractivity contribution is -0.109. The van der Waals surface area contributed by atoms with Crippen molar-refractivity contribution in [2.24, 2.45) is 5.10 Å². The summed E-state index contributed by atoms with van der Waals surface area (Å²) in [6, 6.07) is 24.4. The van der Waals surface area contributed by atoms with E-state index in [0.717, 1.165) is 0 Å². The highest BCUT2D eigenvalue weighted by Gasteiger charge is 2.23. The number of rotatable bonds is 11. The van der Waals surface area contributed by atoms with Crippen LogP contribution in [0.5, 0.6) is 11.5 Å². The van der Waals surface area contributed by atoms with Gasteiger partial charge in [0.2, 0.25) is 5.78 Å². The summed E-state index contributed by atoms with van der Waals surface area (Å²) in [6.45, 7) is 8.67. The molecule has 0 atom stereocenters. The molecule has 0 unspecified atom stereocenters. The maximum atomic E-state index is 13.5. The van der Waals surface area contributed by atoms with Crippen molar-refractivity contribution >= 4 is 27.2 Å². The first-order chi connectivity index (χ1) is 17.7. The Kier molecular flexibility index (Phi) is 9.18. The van der Waals surface area contributed by atoms with Gasteiger partial charge in [-0.3, -0.25) is 14.9 Å². The number of nitrogens with one attached hydrogen (secondary N) is 2. The Bertz CT molecular complexity index is 1460. The van der Waals surface area contributed by atoms with E-state index in [4.69, 9.17) is 4.74 Å². The molecule has 0 aliphatic heterocycles. The number of sulfonamides is 1. The Hall–Kier alpha value is -4.43. The lowest BCUT2D eigenvalue weighted by atomic mass is 10.00. The number of nitrogens with zero attached hydrogens (tertiary/aromatic N) is 1. The van der Waals surface area contributed by atoms with E-state index in [1.54, 1.807) is 51.1 Å². The van der Waals surface area contributed by atoms with E-state index in [0.29, 0.717) is 22.8 Å². The van der Waals surface area contributed by atoms with Crippen LogP contribution in [-0.4, -0.2) is 19.9 Å². The Morgan fingerprint density at radius 2 is 1.49 bits per heavy atom. The number of benzene rings is 3. The van der Waals surface area contributed by atoms with Gasteiger partial charge in [0.15, 0.2) is 5.75 Å². The number of Topliss-reactive ketones (excluding diaryl/α,β-unsaturated/α-hetero) is 1. The molecule has 0 saturated heterocycles. The van der Waals surface area contributed by atoms with Crippen LogP contribution in [0.3, 0.4) is 0 Å². The fraction of sp³-hybridized carbons (Fsp3) is 0.103. The molecular formula is C29H29N3O4S. The van der Waals surface area contributed by atoms with Crippen LogP contribution in [0.2, 0.25) is 0 Å². The molecule has 2 N–H and O–H groups in total. The number of carbonyl (C=O) groups is 1. The van der Waals surface area contributed by atoms with Crippen molar-refractivity contribution in [1.29, 1.82) is 0 Å². The van der Waals surface area contributed by atoms with Crippen molar-refractivity contribution in [3.05, 3.63) is 121 Å². The van der Waals surface area contributed by atoms with Gasteiger partial charge in [0, 0.05) is 5.57 Å². The van der Waals surface area contributed by atoms with Gasteiger partial charge in [-0.05, 0) is 63.2 Å². The molecule has 8 heteroatoms. The second kappa shape index (κ2) is 12.5. The molecule has 0 heterocycles. The van der Waals surface area contributed by atoms with Crippen molar-refractivity contribution in [2.75, 3.05) is 5.43 Å². The van der Waals surface area contributed by atoms with Gasteiger partial charge in [-0.1, -0.05) is 66.8 Å². The van der Waals surface area contributed by atoms with Gasteiger partial charge < -0.3 is 4.74 Å². The summed E-state index contributed by atoms with van der Waals surface area (Å²) in [6.07, 6.45) is 2.87. The minimum Gasteiger partial charge on any atom is -0.455 e. The predicted octanol–water partition coefficient (Wildman–Crippen LogP) is 6.22. The first kappa shape index (κ1) is 27.2. The highest BCUT2D eigenvalue weighted by molar-refractivity contribution is 7.89. The summed E-state index contributed by atoms with van der Waals surface area (Å²) in [4.78, 5) is 13.5. The molecule has 37 heavy (non-hydrogen) atoms. The minimum absolute atomic E-state index is 0.0765. The molecule has 0 spiro atoms. The zero-order chi connectivity index (χ0) is 26.8. The van der Waals surface area contributed by atoms with E-state index >= 15 is 0 Å². The zero-order valence-electron chi connectivity index (χ0n) is 20.9. The van der Waals surface area contributed by atoms with Gasteiger partial charge in [0.25, 0.3) is 10.0 Å². The van der Waals surface area contributed by atoms with E-state index in [-0.39, 0.29) is 21.9 Å². The monoisotopic (exact) mass is 515 g/mol. The van der Waals surface area contributed by atoms with Gasteiger partial charge in [-0.2, -0.15) is 5.10 Å². The normalized spacial score (nSPS) is 11.9. The smallest absolute Gasteiger partial charge is 0.261 e. The Balaban J connectivity index is 1.86. The molecule has 0 aliphatic carbocycles. The maximum absolute atomic E-state index is 13.5. The molecule has 3 aromatic rings. The third kappa shape index (κ3) is 7.28. The van der Waals surface area contributed by atoms with Crippen LogP contribution in [0.4, 0.5) is 5.69 Å². The van der Waals surface area contributed by atoms with Crippen LogP contribution < -0.4 is 14.9 Å². The van der Waals surface area contributed by atoms with E-state index < -0.39 is 15.8 Å². The molecule has 0 bridgehead atoms. The predicted molar refractivity (Wildman–Crippen MR) is 148 cm³/mol. The molecule has 0 amide bonds. The highest BCUT2D eigenvalue weighted by atomic mass is 32.2. The lowest BCUT2D eigenvalue weighted by Crippen LogP contribution is -2.28. The van der Waals surface area contributed by atoms with Crippen molar-refractivity contribution < 1.29 is 17.9 Å². The molecule has 0 aliphatic rings. The highest BCUT2D eigenvalue weighted by Crippen LogP contribution is 2.29. The summed E-state index contributed by atoms with van der Waals surface area (Å²) in [5.74, 6) is 0.742. The largest absolute Gasteiger partial charge is 0.455 e. The van der Waals surface area contributed by atoms with E-state index in [9.17, 15) is 13.2 Å². The molecule has 3 rings (SSSR count). The van der Waals surface area contributed by atoms with Crippen molar-refractivity contribution in [1.82, 2.24) is 4.72 Å². The second-order valence-corrected chi connectivity index (χ2v) is 9.84. The third-order valence-corrected chi connectivity index (χ3v) is 6.49. The van der Waals surface area contributed by atoms with Crippen LogP contribution in [0.1, 0.15) is 20.8 Å². The van der Waals surface area contributed by atoms with E-state index in [2.05, 4.69) is 21.8 Å². The molecule has 0 aromatic heterocycles. The lowest BCUT2D eigenvalue weighted by Gasteiger charge is -2.16. The quantitative estimate of drug-likeness (QED) is 0.137. The van der Waals surface area contributed by atoms with E-state index in [1.807, 2.05) is 42.5 Å². The first-order valence-electron chi connectivity index (χ1n) is 11.5. The maximum Gasteiger partial charge on any atom is 0.261 e. The standard InChI is InChI=1S/C29H29N3O4S/c1-5-14-26(32-37(34,35)24-17-10-7-11-18-24)28(21(2)3)29(33)22(4)30-31-25-19-12-13-20-27(25)36-23-15-8-6-9-16-23/h5-20,31-32H,1H2,2-4H3/b26-14+,30-22?. The number of para-hydroxylation sites is 3. The molecular weight excluding hydrogens is 486 g/mol. The summed E-state index contributed by atoms with van der Waals surface area (Å²) in [5, 5.41) is 4.27.